The summed E-state index contributed by atoms with van der Waals surface area (Å²) >= 11 is 5.70. The fourth-order valence-electron chi connectivity index (χ4n) is 1.64. The van der Waals surface area contributed by atoms with Gasteiger partial charge in [0.15, 0.2) is 11.5 Å². The minimum atomic E-state index is -0.682. The lowest BCUT2D eigenvalue weighted by molar-refractivity contribution is -0.115. The second kappa shape index (κ2) is 4.82. The highest BCUT2D eigenvalue weighted by atomic mass is 35.5. The molecule has 0 aliphatic heterocycles. The van der Waals surface area contributed by atoms with Crippen LogP contribution in [0.1, 0.15) is 24.4 Å². The van der Waals surface area contributed by atoms with Gasteiger partial charge in [-0.3, -0.25) is 9.59 Å². The number of halogens is 1. The Morgan fingerprint density at radius 2 is 2.00 bits per heavy atom. The minimum Gasteiger partial charge on any atom is -0.451 e. The molecule has 0 bridgehead atoms. The molecule has 18 heavy (non-hydrogen) atoms. The summed E-state index contributed by atoms with van der Waals surface area (Å²) in [5.74, 6) is -0.476. The Bertz CT molecular complexity index is 616. The smallest absolute Gasteiger partial charge is 0.242 e. The standard InChI is InChI=1S/C13H12ClNO3/c1-7(14)13(17)15-11-9-5-3-4-6-10(9)18-12(11)8(2)16/h3-7H,1-2H3,(H,15,17)/t7-/m0/s1. The molecule has 1 aromatic heterocycles. The van der Waals surface area contributed by atoms with Crippen molar-refractivity contribution >= 4 is 39.9 Å². The van der Waals surface area contributed by atoms with E-state index in [9.17, 15) is 9.59 Å². The predicted octanol–water partition coefficient (Wildman–Crippen LogP) is 3.20. The zero-order valence-corrected chi connectivity index (χ0v) is 10.7. The van der Waals surface area contributed by atoms with E-state index in [1.165, 1.54) is 6.92 Å². The molecule has 1 atom stereocenters. The van der Waals surface area contributed by atoms with E-state index in [4.69, 9.17) is 16.0 Å². The van der Waals surface area contributed by atoms with Crippen molar-refractivity contribution in [2.24, 2.45) is 0 Å². The number of amides is 1. The highest BCUT2D eigenvalue weighted by molar-refractivity contribution is 6.32. The highest BCUT2D eigenvalue weighted by Crippen LogP contribution is 2.31. The van der Waals surface area contributed by atoms with Gasteiger partial charge in [0.2, 0.25) is 5.91 Å². The molecule has 4 nitrogen and oxygen atoms in total. The van der Waals surface area contributed by atoms with Crippen LogP contribution in [0.2, 0.25) is 0 Å². The molecule has 94 valence electrons. The third-order valence-corrected chi connectivity index (χ3v) is 2.72. The van der Waals surface area contributed by atoms with Crippen LogP contribution < -0.4 is 5.32 Å². The van der Waals surface area contributed by atoms with Gasteiger partial charge in [-0.25, -0.2) is 0 Å². The maximum Gasteiger partial charge on any atom is 0.242 e. The molecule has 0 aliphatic rings. The lowest BCUT2D eigenvalue weighted by Gasteiger charge is -2.05. The topological polar surface area (TPSA) is 59.3 Å². The second-order valence-corrected chi connectivity index (χ2v) is 4.62. The first-order valence-corrected chi connectivity index (χ1v) is 5.91. The first-order chi connectivity index (χ1) is 8.50. The number of carbonyl (C=O) groups excluding carboxylic acids is 2. The Balaban J connectivity index is 2.55. The number of anilines is 1. The molecule has 0 aliphatic carbocycles. The van der Waals surface area contributed by atoms with Gasteiger partial charge in [-0.05, 0) is 19.1 Å². The van der Waals surface area contributed by atoms with Crippen LogP contribution in [0.3, 0.4) is 0 Å². The molecule has 0 saturated heterocycles. The number of Topliss-reactive ketones (excluding diaryl/α,β-unsaturated/α-hetero) is 1. The normalized spacial score (nSPS) is 12.4. The molecule has 0 fully saturated rings. The van der Waals surface area contributed by atoms with Gasteiger partial charge in [-0.2, -0.15) is 0 Å². The van der Waals surface area contributed by atoms with Gasteiger partial charge in [0, 0.05) is 12.3 Å². The van der Waals surface area contributed by atoms with Crippen molar-refractivity contribution in [2.45, 2.75) is 19.2 Å². The number of hydrogen-bond donors (Lipinski definition) is 1. The van der Waals surface area contributed by atoms with Crippen molar-refractivity contribution in [1.29, 1.82) is 0 Å². The van der Waals surface area contributed by atoms with Crippen LogP contribution in [0.25, 0.3) is 11.0 Å². The van der Waals surface area contributed by atoms with E-state index in [2.05, 4.69) is 5.32 Å². The van der Waals surface area contributed by atoms with Crippen molar-refractivity contribution < 1.29 is 14.0 Å². The summed E-state index contributed by atoms with van der Waals surface area (Å²) in [4.78, 5) is 23.1. The van der Waals surface area contributed by atoms with E-state index in [1.807, 2.05) is 6.07 Å². The second-order valence-electron chi connectivity index (χ2n) is 3.96. The summed E-state index contributed by atoms with van der Waals surface area (Å²) in [6, 6.07) is 7.12. The van der Waals surface area contributed by atoms with Gasteiger partial charge >= 0.3 is 0 Å². The molecule has 0 radical (unpaired) electrons. The van der Waals surface area contributed by atoms with Crippen molar-refractivity contribution in [1.82, 2.24) is 0 Å². The van der Waals surface area contributed by atoms with Gasteiger partial charge in [0.25, 0.3) is 0 Å². The fraction of sp³-hybridized carbons (Fsp3) is 0.231. The maximum atomic E-state index is 11.6. The van der Waals surface area contributed by atoms with Gasteiger partial charge < -0.3 is 9.73 Å². The summed E-state index contributed by atoms with van der Waals surface area (Å²) in [5, 5.41) is 2.64. The number of ketones is 1. The number of alkyl halides is 1. The number of nitrogens with one attached hydrogen (secondary N) is 1. The zero-order valence-electron chi connectivity index (χ0n) is 9.99. The lowest BCUT2D eigenvalue weighted by Crippen LogP contribution is -2.21. The molecule has 0 unspecified atom stereocenters. The average Bonchev–Trinajstić information content (AvgIpc) is 2.68. The van der Waals surface area contributed by atoms with Crippen LogP contribution in [0.5, 0.6) is 0 Å². The fourth-order valence-corrected chi connectivity index (χ4v) is 1.69. The Morgan fingerprint density at radius 1 is 1.33 bits per heavy atom. The zero-order chi connectivity index (χ0) is 13.3. The Hall–Kier alpha value is -1.81. The van der Waals surface area contributed by atoms with E-state index >= 15 is 0 Å². The first kappa shape index (κ1) is 12.6. The van der Waals surface area contributed by atoms with E-state index < -0.39 is 5.38 Å². The third kappa shape index (κ3) is 2.24. The molecule has 1 aromatic carbocycles. The lowest BCUT2D eigenvalue weighted by atomic mass is 10.2. The molecule has 2 rings (SSSR count). The molecule has 1 amide bonds. The Kier molecular flexibility index (Phi) is 3.39. The molecular formula is C13H12ClNO3. The van der Waals surface area contributed by atoms with E-state index in [1.54, 1.807) is 25.1 Å². The molecular weight excluding hydrogens is 254 g/mol. The molecule has 1 N–H and O–H groups in total. The van der Waals surface area contributed by atoms with Crippen LogP contribution in [-0.4, -0.2) is 17.1 Å². The SMILES string of the molecule is CC(=O)c1oc2ccccc2c1NC(=O)[C@H](C)Cl. The van der Waals surface area contributed by atoms with Gasteiger partial charge in [-0.1, -0.05) is 12.1 Å². The third-order valence-electron chi connectivity index (χ3n) is 2.52. The first-order valence-electron chi connectivity index (χ1n) is 5.48. The number of rotatable bonds is 3. The van der Waals surface area contributed by atoms with E-state index in [0.717, 1.165) is 0 Å². The average molecular weight is 266 g/mol. The summed E-state index contributed by atoms with van der Waals surface area (Å²) < 4.78 is 5.43. The Morgan fingerprint density at radius 3 is 2.61 bits per heavy atom. The number of furan rings is 1. The predicted molar refractivity (Wildman–Crippen MR) is 70.2 cm³/mol. The molecule has 0 spiro atoms. The van der Waals surface area contributed by atoms with E-state index in [-0.39, 0.29) is 17.5 Å². The number of para-hydroxylation sites is 1. The van der Waals surface area contributed by atoms with E-state index in [0.29, 0.717) is 16.7 Å². The van der Waals surface area contributed by atoms with Crippen LogP contribution in [0, 0.1) is 0 Å². The summed E-state index contributed by atoms with van der Waals surface area (Å²) in [6.07, 6.45) is 0. The van der Waals surface area contributed by atoms with Crippen molar-refractivity contribution in [3.8, 4) is 0 Å². The number of hydrogen-bond acceptors (Lipinski definition) is 3. The van der Waals surface area contributed by atoms with Gasteiger partial charge in [0.1, 0.15) is 11.0 Å². The quantitative estimate of drug-likeness (QED) is 0.685. The number of carbonyl (C=O) groups is 2. The summed E-state index contributed by atoms with van der Waals surface area (Å²) in [5.41, 5.74) is 0.941. The van der Waals surface area contributed by atoms with Gasteiger partial charge in [0.05, 0.1) is 5.69 Å². The molecule has 5 heteroatoms. The van der Waals surface area contributed by atoms with Crippen molar-refractivity contribution in [3.63, 3.8) is 0 Å². The maximum absolute atomic E-state index is 11.6. The van der Waals surface area contributed by atoms with Crippen LogP contribution >= 0.6 is 11.6 Å². The number of benzene rings is 1. The minimum absolute atomic E-state index is 0.141. The summed E-state index contributed by atoms with van der Waals surface area (Å²) in [6.45, 7) is 2.95. The monoisotopic (exact) mass is 265 g/mol. The van der Waals surface area contributed by atoms with Crippen molar-refractivity contribution in [3.05, 3.63) is 30.0 Å². The summed E-state index contributed by atoms with van der Waals surface area (Å²) in [7, 11) is 0. The Labute approximate surface area is 109 Å². The molecule has 0 saturated carbocycles. The number of fused-ring (bicyclic) bond motifs is 1. The van der Waals surface area contributed by atoms with Crippen LogP contribution in [0.15, 0.2) is 28.7 Å². The van der Waals surface area contributed by atoms with Gasteiger partial charge in [-0.15, -0.1) is 11.6 Å². The van der Waals surface area contributed by atoms with Crippen LogP contribution in [-0.2, 0) is 4.79 Å². The largest absolute Gasteiger partial charge is 0.451 e. The highest BCUT2D eigenvalue weighted by Gasteiger charge is 2.20. The van der Waals surface area contributed by atoms with Crippen LogP contribution in [0.4, 0.5) is 5.69 Å². The molecule has 1 heterocycles. The van der Waals surface area contributed by atoms with Crippen molar-refractivity contribution in [2.75, 3.05) is 5.32 Å². The molecule has 2 aromatic rings.